The van der Waals surface area contributed by atoms with Crippen LogP contribution in [0.2, 0.25) is 0 Å². The van der Waals surface area contributed by atoms with E-state index >= 15 is 0 Å². The highest BCUT2D eigenvalue weighted by atomic mass is 79.9. The van der Waals surface area contributed by atoms with E-state index in [-0.39, 0.29) is 5.91 Å². The molecule has 0 saturated carbocycles. The number of aryl methyl sites for hydroxylation is 3. The maximum atomic E-state index is 12.5. The number of amides is 1. The zero-order chi connectivity index (χ0) is 28.7. The number of anilines is 3. The predicted octanol–water partition coefficient (Wildman–Crippen LogP) is 6.26. The van der Waals surface area contributed by atoms with Crippen LogP contribution in [0.25, 0.3) is 0 Å². The van der Waals surface area contributed by atoms with Crippen molar-refractivity contribution in [1.82, 2.24) is 14.9 Å². The second-order valence-electron chi connectivity index (χ2n) is 12.5. The molecule has 0 bridgehead atoms. The highest BCUT2D eigenvalue weighted by molar-refractivity contribution is 9.10. The first-order valence-electron chi connectivity index (χ1n) is 14.2. The average Bonchev–Trinajstić information content (AvgIpc) is 3.13. The summed E-state index contributed by atoms with van der Waals surface area (Å²) in [6.45, 7) is 12.6. The Morgan fingerprint density at radius 2 is 2.02 bits per heavy atom. The molecule has 1 amide bonds. The minimum atomic E-state index is -0.678. The second kappa shape index (κ2) is 11.2. The van der Waals surface area contributed by atoms with Crippen molar-refractivity contribution >= 4 is 39.2 Å². The summed E-state index contributed by atoms with van der Waals surface area (Å²) < 4.78 is 0.874. The Morgan fingerprint density at radius 3 is 2.77 bits per heavy atom. The van der Waals surface area contributed by atoms with Crippen LogP contribution in [0.4, 0.5) is 17.3 Å². The Balaban J connectivity index is 1.28. The Kier molecular flexibility index (Phi) is 8.06. The molecular weight excluding hydrogens is 566 g/mol. The van der Waals surface area contributed by atoms with E-state index in [0.29, 0.717) is 18.4 Å². The molecule has 2 aliphatic rings. The van der Waals surface area contributed by atoms with Gasteiger partial charge in [-0.15, -0.1) is 0 Å². The van der Waals surface area contributed by atoms with Crippen molar-refractivity contribution < 1.29 is 9.90 Å². The third-order valence-electron chi connectivity index (χ3n) is 8.12. The summed E-state index contributed by atoms with van der Waals surface area (Å²) in [6, 6.07) is 12.7. The first-order chi connectivity index (χ1) is 18.9. The molecule has 3 aromatic rings. The molecule has 1 fully saturated rings. The van der Waals surface area contributed by atoms with Gasteiger partial charge in [0.05, 0.1) is 21.2 Å². The van der Waals surface area contributed by atoms with E-state index in [1.165, 1.54) is 12.0 Å². The van der Waals surface area contributed by atoms with Gasteiger partial charge in [0.25, 0.3) is 0 Å². The minimum Gasteiger partial charge on any atom is -0.389 e. The molecule has 3 heterocycles. The molecule has 8 heteroatoms. The van der Waals surface area contributed by atoms with E-state index < -0.39 is 11.0 Å². The SMILES string of the molecule is Cc1cc([C@H]2CCCN(CC(C)(C)O)C2)ccc1Nc1ncc(Br)c(CCc2cccc3c2C(C)(C)C(=O)N3)n1. The van der Waals surface area contributed by atoms with Crippen molar-refractivity contribution in [2.75, 3.05) is 30.3 Å². The largest absolute Gasteiger partial charge is 0.389 e. The number of rotatable bonds is 8. The molecule has 2 aromatic carbocycles. The third-order valence-corrected chi connectivity index (χ3v) is 8.79. The molecule has 0 aliphatic carbocycles. The quantitative estimate of drug-likeness (QED) is 0.281. The van der Waals surface area contributed by atoms with Gasteiger partial charge in [0.1, 0.15) is 0 Å². The molecule has 0 unspecified atom stereocenters. The molecule has 1 aromatic heterocycles. The van der Waals surface area contributed by atoms with Gasteiger partial charge in [-0.3, -0.25) is 9.69 Å². The van der Waals surface area contributed by atoms with Gasteiger partial charge in [0.2, 0.25) is 11.9 Å². The Bertz CT molecular complexity index is 1410. The Morgan fingerprint density at radius 1 is 1.23 bits per heavy atom. The van der Waals surface area contributed by atoms with Gasteiger partial charge in [0.15, 0.2) is 0 Å². The minimum absolute atomic E-state index is 0.0426. The first-order valence-corrected chi connectivity index (χ1v) is 15.0. The number of hydrogen-bond donors (Lipinski definition) is 3. The van der Waals surface area contributed by atoms with Crippen molar-refractivity contribution in [3.05, 3.63) is 75.0 Å². The van der Waals surface area contributed by atoms with E-state index in [0.717, 1.165) is 70.6 Å². The lowest BCUT2D eigenvalue weighted by molar-refractivity contribution is -0.119. The number of nitrogens with one attached hydrogen (secondary N) is 2. The van der Waals surface area contributed by atoms with Crippen LogP contribution >= 0.6 is 15.9 Å². The number of hydrogen-bond acceptors (Lipinski definition) is 6. The Hall–Kier alpha value is -2.81. The van der Waals surface area contributed by atoms with Crippen LogP contribution in [-0.2, 0) is 23.1 Å². The fraction of sp³-hybridized carbons (Fsp3) is 0.469. The molecular formula is C32H40BrN5O2. The molecule has 5 rings (SSSR count). The monoisotopic (exact) mass is 605 g/mol. The standard InChI is InChI=1S/C32H40BrN5O2/c1-20-16-22(23-9-7-15-38(18-23)19-31(2,3)40)12-13-25(20)36-30-34-17-24(33)26(37-30)14-11-21-8-6-10-27-28(21)32(4,5)29(39)35-27/h6,8,10,12-13,16-17,23,40H,7,9,11,14-15,18-19H2,1-5H3,(H,35,39)(H,34,36,37)/t23-/m0/s1. The molecule has 2 aliphatic heterocycles. The highest BCUT2D eigenvalue weighted by Crippen LogP contribution is 2.40. The summed E-state index contributed by atoms with van der Waals surface area (Å²) in [5, 5.41) is 16.7. The van der Waals surface area contributed by atoms with E-state index in [1.807, 2.05) is 39.8 Å². The van der Waals surface area contributed by atoms with E-state index in [1.54, 1.807) is 6.20 Å². The summed E-state index contributed by atoms with van der Waals surface area (Å²) in [5.41, 5.74) is 6.35. The smallest absolute Gasteiger partial charge is 0.234 e. The average molecular weight is 607 g/mol. The number of carbonyl (C=O) groups is 1. The number of aromatic nitrogens is 2. The van der Waals surface area contributed by atoms with Crippen LogP contribution in [0.5, 0.6) is 0 Å². The van der Waals surface area contributed by atoms with E-state index in [9.17, 15) is 9.90 Å². The molecule has 3 N–H and O–H groups in total. The fourth-order valence-corrected chi connectivity index (χ4v) is 6.54. The van der Waals surface area contributed by atoms with Crippen LogP contribution in [-0.4, -0.2) is 51.1 Å². The maximum Gasteiger partial charge on any atom is 0.234 e. The lowest BCUT2D eigenvalue weighted by Crippen LogP contribution is -2.43. The first kappa shape index (κ1) is 28.7. The van der Waals surface area contributed by atoms with Crippen molar-refractivity contribution in [3.8, 4) is 0 Å². The van der Waals surface area contributed by atoms with Crippen molar-refractivity contribution in [3.63, 3.8) is 0 Å². The summed E-state index contributed by atoms with van der Waals surface area (Å²) in [7, 11) is 0. The topological polar surface area (TPSA) is 90.4 Å². The molecule has 212 valence electrons. The number of likely N-dealkylation sites (tertiary alicyclic amines) is 1. The zero-order valence-corrected chi connectivity index (χ0v) is 25.7. The van der Waals surface area contributed by atoms with Gasteiger partial charge in [-0.1, -0.05) is 24.3 Å². The predicted molar refractivity (Wildman–Crippen MR) is 164 cm³/mol. The fourth-order valence-electron chi connectivity index (χ4n) is 6.15. The molecule has 1 atom stereocenters. The summed E-state index contributed by atoms with van der Waals surface area (Å²) >= 11 is 3.64. The maximum absolute atomic E-state index is 12.5. The zero-order valence-electron chi connectivity index (χ0n) is 24.1. The van der Waals surface area contributed by atoms with Crippen molar-refractivity contribution in [1.29, 1.82) is 0 Å². The number of β-amino-alcohol motifs (C(OH)–C–C–N with tert-alkyl or cyclic N) is 1. The van der Waals surface area contributed by atoms with Crippen LogP contribution in [0.15, 0.2) is 47.1 Å². The lowest BCUT2D eigenvalue weighted by atomic mass is 9.82. The summed E-state index contributed by atoms with van der Waals surface area (Å²) in [6.07, 6.45) is 5.61. The third kappa shape index (κ3) is 6.24. The molecule has 0 radical (unpaired) electrons. The van der Waals surface area contributed by atoms with Gasteiger partial charge in [-0.05, 0) is 123 Å². The molecule has 0 spiro atoms. The Labute approximate surface area is 245 Å². The molecule has 7 nitrogen and oxygen atoms in total. The number of nitrogens with zero attached hydrogens (tertiary/aromatic N) is 3. The summed E-state index contributed by atoms with van der Waals surface area (Å²) in [5.74, 6) is 1.08. The highest BCUT2D eigenvalue weighted by Gasteiger charge is 2.39. The number of fused-ring (bicyclic) bond motifs is 1. The van der Waals surface area contributed by atoms with Gasteiger partial charge < -0.3 is 15.7 Å². The van der Waals surface area contributed by atoms with Gasteiger partial charge in [-0.25, -0.2) is 9.97 Å². The summed E-state index contributed by atoms with van der Waals surface area (Å²) in [4.78, 5) is 24.2. The second-order valence-corrected chi connectivity index (χ2v) is 13.3. The van der Waals surface area contributed by atoms with Crippen molar-refractivity contribution in [2.24, 2.45) is 0 Å². The van der Waals surface area contributed by atoms with E-state index in [2.05, 4.69) is 67.6 Å². The van der Waals surface area contributed by atoms with Gasteiger partial charge >= 0.3 is 0 Å². The lowest BCUT2D eigenvalue weighted by Gasteiger charge is -2.36. The van der Waals surface area contributed by atoms with Gasteiger partial charge in [-0.2, -0.15) is 0 Å². The van der Waals surface area contributed by atoms with Crippen LogP contribution in [0, 0.1) is 6.92 Å². The number of aliphatic hydroxyl groups is 1. The normalized spacial score (nSPS) is 18.9. The molecule has 40 heavy (non-hydrogen) atoms. The van der Waals surface area contributed by atoms with Gasteiger partial charge in [0, 0.05) is 30.7 Å². The number of benzene rings is 2. The van der Waals surface area contributed by atoms with Crippen molar-refractivity contribution in [2.45, 2.75) is 77.2 Å². The molecule has 1 saturated heterocycles. The van der Waals surface area contributed by atoms with Crippen LogP contribution in [0.1, 0.15) is 74.4 Å². The number of piperidine rings is 1. The van der Waals surface area contributed by atoms with Crippen LogP contribution in [0.3, 0.4) is 0 Å². The van der Waals surface area contributed by atoms with Crippen LogP contribution < -0.4 is 10.6 Å². The van der Waals surface area contributed by atoms with E-state index in [4.69, 9.17) is 4.98 Å². The number of carbonyl (C=O) groups excluding carboxylic acids is 1. The number of halogens is 1.